The maximum Gasteiger partial charge on any atom is 0.255 e. The molecule has 0 atom stereocenters. The van der Waals surface area contributed by atoms with Crippen LogP contribution in [0.4, 0.5) is 5.69 Å². The fraction of sp³-hybridized carbons (Fsp3) is 0.214. The minimum Gasteiger partial charge on any atom is -0.368 e. The third-order valence-electron chi connectivity index (χ3n) is 6.43. The number of halogens is 1. The van der Waals surface area contributed by atoms with Crippen molar-refractivity contribution in [2.75, 3.05) is 31.1 Å². The van der Waals surface area contributed by atoms with E-state index in [1.54, 1.807) is 0 Å². The Labute approximate surface area is 199 Å². The van der Waals surface area contributed by atoms with E-state index in [1.165, 1.54) is 5.56 Å². The van der Waals surface area contributed by atoms with Crippen molar-refractivity contribution in [2.24, 2.45) is 0 Å². The van der Waals surface area contributed by atoms with Crippen molar-refractivity contribution in [1.29, 1.82) is 0 Å². The lowest BCUT2D eigenvalue weighted by Crippen LogP contribution is -2.49. The summed E-state index contributed by atoms with van der Waals surface area (Å²) >= 11 is 6.03. The SMILES string of the molecule is Cc1ccc(-c2nc3ccccc3c(C(=O)N3CCN(c4ccc(Cl)cc4)CC3)c2C)cc1. The molecule has 4 aromatic rings. The van der Waals surface area contributed by atoms with E-state index in [2.05, 4.69) is 36.1 Å². The first-order chi connectivity index (χ1) is 16.0. The predicted molar refractivity (Wildman–Crippen MR) is 136 cm³/mol. The molecule has 5 rings (SSSR count). The number of nitrogens with zero attached hydrogens (tertiary/aromatic N) is 3. The van der Waals surface area contributed by atoms with Gasteiger partial charge in [0.05, 0.1) is 16.8 Å². The van der Waals surface area contributed by atoms with Crippen LogP contribution in [-0.2, 0) is 0 Å². The highest BCUT2D eigenvalue weighted by Gasteiger charge is 2.26. The summed E-state index contributed by atoms with van der Waals surface area (Å²) in [5.41, 5.74) is 6.79. The first kappa shape index (κ1) is 21.5. The van der Waals surface area contributed by atoms with Gasteiger partial charge < -0.3 is 9.80 Å². The average molecular weight is 456 g/mol. The normalized spacial score (nSPS) is 14.0. The van der Waals surface area contributed by atoms with E-state index in [1.807, 2.05) is 60.4 Å². The summed E-state index contributed by atoms with van der Waals surface area (Å²) in [5.74, 6) is 0.0789. The van der Waals surface area contributed by atoms with E-state index < -0.39 is 0 Å². The molecule has 3 aromatic carbocycles. The molecule has 1 aromatic heterocycles. The standard InChI is InChI=1S/C28H26ClN3O/c1-19-7-9-21(10-8-19)27-20(2)26(24-5-3-4-6-25(24)30-27)28(33)32-17-15-31(16-18-32)23-13-11-22(29)12-14-23/h3-14H,15-18H2,1-2H3. The smallest absolute Gasteiger partial charge is 0.255 e. The van der Waals surface area contributed by atoms with Gasteiger partial charge in [-0.3, -0.25) is 4.79 Å². The molecular weight excluding hydrogens is 430 g/mol. The van der Waals surface area contributed by atoms with Crippen LogP contribution in [0.1, 0.15) is 21.5 Å². The van der Waals surface area contributed by atoms with Crippen molar-refractivity contribution in [3.8, 4) is 11.3 Å². The molecule has 1 amide bonds. The van der Waals surface area contributed by atoms with E-state index in [0.717, 1.165) is 57.1 Å². The number of fused-ring (bicyclic) bond motifs is 1. The largest absolute Gasteiger partial charge is 0.368 e. The minimum atomic E-state index is 0.0789. The Morgan fingerprint density at radius 3 is 2.21 bits per heavy atom. The van der Waals surface area contributed by atoms with E-state index in [-0.39, 0.29) is 5.91 Å². The number of piperazine rings is 1. The first-order valence-electron chi connectivity index (χ1n) is 11.3. The number of hydrogen-bond acceptors (Lipinski definition) is 3. The number of benzene rings is 3. The van der Waals surface area contributed by atoms with Gasteiger partial charge in [-0.15, -0.1) is 0 Å². The van der Waals surface area contributed by atoms with E-state index in [0.29, 0.717) is 13.1 Å². The fourth-order valence-electron chi connectivity index (χ4n) is 4.55. The molecular formula is C28H26ClN3O. The molecule has 33 heavy (non-hydrogen) atoms. The van der Waals surface area contributed by atoms with Crippen LogP contribution in [0.3, 0.4) is 0 Å². The number of amides is 1. The van der Waals surface area contributed by atoms with Gasteiger partial charge in [0.1, 0.15) is 0 Å². The Kier molecular flexibility index (Phi) is 5.77. The van der Waals surface area contributed by atoms with Crippen molar-refractivity contribution in [3.63, 3.8) is 0 Å². The van der Waals surface area contributed by atoms with Crippen molar-refractivity contribution >= 4 is 34.1 Å². The second-order valence-electron chi connectivity index (χ2n) is 8.60. The predicted octanol–water partition coefficient (Wildman–Crippen LogP) is 6.13. The Morgan fingerprint density at radius 1 is 0.848 bits per heavy atom. The molecule has 4 nitrogen and oxygen atoms in total. The third kappa shape index (κ3) is 4.19. The first-order valence-corrected chi connectivity index (χ1v) is 11.7. The van der Waals surface area contributed by atoms with E-state index in [9.17, 15) is 4.79 Å². The monoisotopic (exact) mass is 455 g/mol. The summed E-state index contributed by atoms with van der Waals surface area (Å²) in [7, 11) is 0. The van der Waals surface area contributed by atoms with E-state index >= 15 is 0 Å². The molecule has 0 saturated carbocycles. The summed E-state index contributed by atoms with van der Waals surface area (Å²) in [5, 5.41) is 1.65. The quantitative estimate of drug-likeness (QED) is 0.372. The van der Waals surface area contributed by atoms with Gasteiger partial charge in [-0.25, -0.2) is 4.98 Å². The zero-order chi connectivity index (χ0) is 22.9. The van der Waals surface area contributed by atoms with Gasteiger partial charge in [0, 0.05) is 47.8 Å². The lowest BCUT2D eigenvalue weighted by molar-refractivity contribution is 0.0748. The molecule has 166 valence electrons. The van der Waals surface area contributed by atoms with Crippen LogP contribution in [0, 0.1) is 13.8 Å². The Hall–Kier alpha value is -3.37. The minimum absolute atomic E-state index is 0.0789. The summed E-state index contributed by atoms with van der Waals surface area (Å²) in [4.78, 5) is 23.0. The number of anilines is 1. The number of hydrogen-bond donors (Lipinski definition) is 0. The number of para-hydroxylation sites is 1. The molecule has 0 aliphatic carbocycles. The lowest BCUT2D eigenvalue weighted by Gasteiger charge is -2.36. The molecule has 1 fully saturated rings. The van der Waals surface area contributed by atoms with Crippen LogP contribution >= 0.6 is 11.6 Å². The van der Waals surface area contributed by atoms with Gasteiger partial charge >= 0.3 is 0 Å². The van der Waals surface area contributed by atoms with Crippen LogP contribution in [0.25, 0.3) is 22.2 Å². The number of carbonyl (C=O) groups is 1. The number of pyridine rings is 1. The van der Waals surface area contributed by atoms with Crippen molar-refractivity contribution in [2.45, 2.75) is 13.8 Å². The van der Waals surface area contributed by atoms with Crippen molar-refractivity contribution in [3.05, 3.63) is 94.5 Å². The molecule has 0 unspecified atom stereocenters. The van der Waals surface area contributed by atoms with Crippen LogP contribution < -0.4 is 4.90 Å². The highest BCUT2D eigenvalue weighted by molar-refractivity contribution is 6.30. The van der Waals surface area contributed by atoms with Gasteiger partial charge in [0.15, 0.2) is 0 Å². The summed E-state index contributed by atoms with van der Waals surface area (Å²) in [6, 6.07) is 24.2. The molecule has 1 aliphatic heterocycles. The van der Waals surface area contributed by atoms with Gasteiger partial charge in [0.25, 0.3) is 5.91 Å². The molecule has 5 heteroatoms. The van der Waals surface area contributed by atoms with Gasteiger partial charge in [-0.05, 0) is 49.7 Å². The zero-order valence-corrected chi connectivity index (χ0v) is 19.6. The molecule has 0 bridgehead atoms. The molecule has 0 N–H and O–H groups in total. The number of aromatic nitrogens is 1. The molecule has 2 heterocycles. The highest BCUT2D eigenvalue weighted by atomic mass is 35.5. The maximum absolute atomic E-state index is 13.8. The Morgan fingerprint density at radius 2 is 1.52 bits per heavy atom. The van der Waals surface area contributed by atoms with Crippen molar-refractivity contribution < 1.29 is 4.79 Å². The topological polar surface area (TPSA) is 36.4 Å². The van der Waals surface area contributed by atoms with Crippen LogP contribution in [0.2, 0.25) is 5.02 Å². The van der Waals surface area contributed by atoms with Crippen LogP contribution in [0.5, 0.6) is 0 Å². The summed E-state index contributed by atoms with van der Waals surface area (Å²) in [6.07, 6.45) is 0. The average Bonchev–Trinajstić information content (AvgIpc) is 2.84. The number of aryl methyl sites for hydroxylation is 1. The molecule has 0 radical (unpaired) electrons. The Bertz CT molecular complexity index is 1310. The summed E-state index contributed by atoms with van der Waals surface area (Å²) < 4.78 is 0. The second-order valence-corrected chi connectivity index (χ2v) is 9.04. The maximum atomic E-state index is 13.8. The zero-order valence-electron chi connectivity index (χ0n) is 18.9. The summed E-state index contributed by atoms with van der Waals surface area (Å²) in [6.45, 7) is 7.03. The molecule has 1 saturated heterocycles. The number of carbonyl (C=O) groups excluding carboxylic acids is 1. The van der Waals surface area contributed by atoms with Gasteiger partial charge in [-0.1, -0.05) is 59.6 Å². The van der Waals surface area contributed by atoms with Crippen molar-refractivity contribution in [1.82, 2.24) is 9.88 Å². The van der Waals surface area contributed by atoms with Crippen LogP contribution in [-0.4, -0.2) is 42.0 Å². The second kappa shape index (κ2) is 8.87. The Balaban J connectivity index is 1.47. The highest BCUT2D eigenvalue weighted by Crippen LogP contribution is 2.31. The lowest BCUT2D eigenvalue weighted by atomic mass is 9.96. The van der Waals surface area contributed by atoms with Gasteiger partial charge in [-0.2, -0.15) is 0 Å². The fourth-order valence-corrected chi connectivity index (χ4v) is 4.68. The third-order valence-corrected chi connectivity index (χ3v) is 6.69. The number of rotatable bonds is 3. The van der Waals surface area contributed by atoms with E-state index in [4.69, 9.17) is 16.6 Å². The molecule has 1 aliphatic rings. The van der Waals surface area contributed by atoms with Gasteiger partial charge in [0.2, 0.25) is 0 Å². The molecule has 0 spiro atoms. The van der Waals surface area contributed by atoms with Crippen LogP contribution in [0.15, 0.2) is 72.8 Å².